The molecule has 0 saturated carbocycles. The lowest BCUT2D eigenvalue weighted by atomic mass is 9.89. The third kappa shape index (κ3) is 5.85. The maximum atomic E-state index is 12.7. The first-order valence-electron chi connectivity index (χ1n) is 9.85. The van der Waals surface area contributed by atoms with Crippen LogP contribution in [0.25, 0.3) is 0 Å². The van der Waals surface area contributed by atoms with Crippen molar-refractivity contribution in [1.29, 1.82) is 5.26 Å². The van der Waals surface area contributed by atoms with Crippen LogP contribution in [0.3, 0.4) is 0 Å². The predicted molar refractivity (Wildman–Crippen MR) is 106 cm³/mol. The fourth-order valence-electron chi connectivity index (χ4n) is 3.33. The second-order valence-corrected chi connectivity index (χ2v) is 8.36. The molecule has 2 rings (SSSR count). The molecule has 1 aliphatic heterocycles. The summed E-state index contributed by atoms with van der Waals surface area (Å²) in [5.41, 5.74) is 1.85. The molecule has 1 amide bonds. The predicted octanol–water partition coefficient (Wildman–Crippen LogP) is 4.29. The van der Waals surface area contributed by atoms with Gasteiger partial charge in [-0.2, -0.15) is 5.26 Å². The summed E-state index contributed by atoms with van der Waals surface area (Å²) < 4.78 is 0. The van der Waals surface area contributed by atoms with Crippen LogP contribution in [0.5, 0.6) is 0 Å². The van der Waals surface area contributed by atoms with Crippen molar-refractivity contribution in [2.45, 2.75) is 52.9 Å². The van der Waals surface area contributed by atoms with Crippen molar-refractivity contribution in [3.05, 3.63) is 35.4 Å². The average Bonchev–Trinajstić information content (AvgIpc) is 2.65. The van der Waals surface area contributed by atoms with E-state index in [4.69, 9.17) is 5.26 Å². The monoisotopic (exact) mass is 355 g/mol. The lowest BCUT2D eigenvalue weighted by Crippen LogP contribution is -2.48. The number of benzene rings is 1. The van der Waals surface area contributed by atoms with Gasteiger partial charge in [0.05, 0.1) is 11.5 Å². The SMILES string of the molecule is CC(C)c1ccc(C(=O)N2CCN(CCCCC(C)(C)C#N)CC2)cc1. The highest BCUT2D eigenvalue weighted by Crippen LogP contribution is 2.22. The summed E-state index contributed by atoms with van der Waals surface area (Å²) in [6.07, 6.45) is 3.16. The van der Waals surface area contributed by atoms with Gasteiger partial charge >= 0.3 is 0 Å². The van der Waals surface area contributed by atoms with Gasteiger partial charge in [0.2, 0.25) is 0 Å². The molecule has 142 valence electrons. The van der Waals surface area contributed by atoms with Gasteiger partial charge in [-0.25, -0.2) is 0 Å². The van der Waals surface area contributed by atoms with E-state index in [9.17, 15) is 4.79 Å². The first-order chi connectivity index (χ1) is 12.3. The molecule has 0 unspecified atom stereocenters. The minimum Gasteiger partial charge on any atom is -0.336 e. The number of nitrogens with zero attached hydrogens (tertiary/aromatic N) is 3. The van der Waals surface area contributed by atoms with Crippen molar-refractivity contribution >= 4 is 5.91 Å². The lowest BCUT2D eigenvalue weighted by molar-refractivity contribution is 0.0634. The van der Waals surface area contributed by atoms with Gasteiger partial charge in [0, 0.05) is 31.7 Å². The number of piperazine rings is 1. The van der Waals surface area contributed by atoms with Gasteiger partial charge in [-0.3, -0.25) is 9.69 Å². The van der Waals surface area contributed by atoms with Crippen molar-refractivity contribution in [3.63, 3.8) is 0 Å². The molecule has 0 atom stereocenters. The van der Waals surface area contributed by atoms with E-state index in [2.05, 4.69) is 36.9 Å². The second-order valence-electron chi connectivity index (χ2n) is 8.36. The molecule has 0 aromatic heterocycles. The molecule has 0 aliphatic carbocycles. The Morgan fingerprint density at radius 1 is 1.12 bits per heavy atom. The molecular weight excluding hydrogens is 322 g/mol. The maximum Gasteiger partial charge on any atom is 0.253 e. The van der Waals surface area contributed by atoms with E-state index >= 15 is 0 Å². The van der Waals surface area contributed by atoms with E-state index in [1.807, 2.05) is 30.9 Å². The van der Waals surface area contributed by atoms with Gasteiger partial charge in [0.15, 0.2) is 0 Å². The van der Waals surface area contributed by atoms with Crippen LogP contribution in [-0.4, -0.2) is 48.4 Å². The Labute approximate surface area is 158 Å². The van der Waals surface area contributed by atoms with E-state index < -0.39 is 0 Å². The third-order valence-corrected chi connectivity index (χ3v) is 5.31. The van der Waals surface area contributed by atoms with E-state index in [-0.39, 0.29) is 11.3 Å². The normalized spacial score (nSPS) is 15.9. The third-order valence-electron chi connectivity index (χ3n) is 5.31. The van der Waals surface area contributed by atoms with Gasteiger partial charge in [-0.05, 0) is 56.8 Å². The zero-order valence-electron chi connectivity index (χ0n) is 16.8. The summed E-state index contributed by atoms with van der Waals surface area (Å²) in [5, 5.41) is 9.06. The first kappa shape index (κ1) is 20.5. The van der Waals surface area contributed by atoms with Gasteiger partial charge in [-0.15, -0.1) is 0 Å². The molecule has 1 aromatic carbocycles. The molecule has 1 aromatic rings. The van der Waals surface area contributed by atoms with Crippen LogP contribution in [0.2, 0.25) is 0 Å². The summed E-state index contributed by atoms with van der Waals surface area (Å²) in [6.45, 7) is 12.9. The molecule has 4 nitrogen and oxygen atoms in total. The Hall–Kier alpha value is -1.86. The fourth-order valence-corrected chi connectivity index (χ4v) is 3.33. The van der Waals surface area contributed by atoms with E-state index in [1.54, 1.807) is 0 Å². The van der Waals surface area contributed by atoms with Crippen LogP contribution < -0.4 is 0 Å². The number of carbonyl (C=O) groups excluding carboxylic acids is 1. The standard InChI is InChI=1S/C22H33N3O/c1-18(2)19-7-9-20(10-8-19)21(26)25-15-13-24(14-16-25)12-6-5-11-22(3,4)17-23/h7-10,18H,5-6,11-16H2,1-4H3. The molecule has 4 heteroatoms. The van der Waals surface area contributed by atoms with E-state index in [0.717, 1.165) is 57.5 Å². The minimum absolute atomic E-state index is 0.149. The highest BCUT2D eigenvalue weighted by Gasteiger charge is 2.22. The summed E-state index contributed by atoms with van der Waals surface area (Å²) in [5.74, 6) is 0.636. The smallest absolute Gasteiger partial charge is 0.253 e. The maximum absolute atomic E-state index is 12.7. The van der Waals surface area contributed by atoms with Gasteiger partial charge in [-0.1, -0.05) is 32.4 Å². The molecule has 1 heterocycles. The van der Waals surface area contributed by atoms with E-state index in [0.29, 0.717) is 5.92 Å². The number of rotatable bonds is 7. The molecule has 0 radical (unpaired) electrons. The molecule has 1 saturated heterocycles. The Morgan fingerprint density at radius 2 is 1.73 bits per heavy atom. The molecule has 1 aliphatic rings. The van der Waals surface area contributed by atoms with Crippen LogP contribution in [0.1, 0.15) is 68.8 Å². The summed E-state index contributed by atoms with van der Waals surface area (Å²) in [7, 11) is 0. The van der Waals surface area contributed by atoms with Crippen molar-refractivity contribution in [2.75, 3.05) is 32.7 Å². The van der Waals surface area contributed by atoms with Crippen LogP contribution in [-0.2, 0) is 0 Å². The molecule has 0 N–H and O–H groups in total. The summed E-state index contributed by atoms with van der Waals surface area (Å²) in [6, 6.07) is 10.4. The molecule has 0 bridgehead atoms. The lowest BCUT2D eigenvalue weighted by Gasteiger charge is -2.35. The van der Waals surface area contributed by atoms with Crippen molar-refractivity contribution < 1.29 is 4.79 Å². The van der Waals surface area contributed by atoms with Gasteiger partial charge in [0.1, 0.15) is 0 Å². The van der Waals surface area contributed by atoms with Crippen molar-refractivity contribution in [1.82, 2.24) is 9.80 Å². The number of carbonyl (C=O) groups is 1. The van der Waals surface area contributed by atoms with Crippen LogP contribution in [0.15, 0.2) is 24.3 Å². The summed E-state index contributed by atoms with van der Waals surface area (Å²) in [4.78, 5) is 17.1. The van der Waals surface area contributed by atoms with Gasteiger partial charge in [0.25, 0.3) is 5.91 Å². The Kier molecular flexibility index (Phi) is 7.23. The molecule has 1 fully saturated rings. The number of amides is 1. The number of hydrogen-bond acceptors (Lipinski definition) is 3. The van der Waals surface area contributed by atoms with Crippen LogP contribution >= 0.6 is 0 Å². The Balaban J connectivity index is 1.74. The van der Waals surface area contributed by atoms with Gasteiger partial charge < -0.3 is 4.90 Å². The average molecular weight is 356 g/mol. The number of hydrogen-bond donors (Lipinski definition) is 0. The van der Waals surface area contributed by atoms with E-state index in [1.165, 1.54) is 5.56 Å². The molecule has 0 spiro atoms. The minimum atomic E-state index is -0.212. The highest BCUT2D eigenvalue weighted by atomic mass is 16.2. The number of nitriles is 1. The Morgan fingerprint density at radius 3 is 2.27 bits per heavy atom. The van der Waals surface area contributed by atoms with Crippen molar-refractivity contribution in [2.24, 2.45) is 5.41 Å². The first-order valence-corrected chi connectivity index (χ1v) is 9.85. The van der Waals surface area contributed by atoms with Crippen LogP contribution in [0, 0.1) is 16.7 Å². The fraction of sp³-hybridized carbons (Fsp3) is 0.636. The number of unbranched alkanes of at least 4 members (excludes halogenated alkanes) is 1. The largest absolute Gasteiger partial charge is 0.336 e. The zero-order valence-corrected chi connectivity index (χ0v) is 16.8. The quantitative estimate of drug-likeness (QED) is 0.686. The topological polar surface area (TPSA) is 47.3 Å². The zero-order chi connectivity index (χ0) is 19.2. The Bertz CT molecular complexity index is 620. The van der Waals surface area contributed by atoms with Crippen LogP contribution in [0.4, 0.5) is 0 Å². The molecular formula is C22H33N3O. The van der Waals surface area contributed by atoms with Crippen molar-refractivity contribution in [3.8, 4) is 6.07 Å². The second kappa shape index (κ2) is 9.19. The summed E-state index contributed by atoms with van der Waals surface area (Å²) >= 11 is 0. The molecule has 26 heavy (non-hydrogen) atoms. The highest BCUT2D eigenvalue weighted by molar-refractivity contribution is 5.94.